The lowest BCUT2D eigenvalue weighted by Gasteiger charge is -2.19. The van der Waals surface area contributed by atoms with E-state index in [2.05, 4.69) is 20.3 Å². The number of halogens is 4. The molecule has 106 heavy (non-hydrogen) atoms. The van der Waals surface area contributed by atoms with Crippen molar-refractivity contribution in [2.75, 3.05) is 38.1 Å². The van der Waals surface area contributed by atoms with Crippen LogP contribution in [-0.4, -0.2) is 104 Å². The number of alkyl halides is 3. The number of nitrogens with one attached hydrogen (secondary N) is 1. The van der Waals surface area contributed by atoms with Gasteiger partial charge in [-0.3, -0.25) is 5.32 Å². The standard InChI is InChI=1S/C27H24N2O7S.2C22H16N2O5S.C2HF3O2.CH4.HI/c1-27(2,3)36-26(32)28-18-10-8-17(9-11-18)23-29-19(24(30)35-23)14-16-7-12-20(21(15-16)33-4)34-25(31)22-6-5-13-37-22;2*1-27-18-12-13(4-9-17(18)28-22(26)19-3-2-10-30-19)11-16-21(25)29-20(24-16)14-5-7-15(23)8-6-14;3-2(4,5)1(6)7;;/h5-15H,1-4H3,(H,28,32);2*2-12H,23H2,1H3;(H,6,7);1H4;1H/b19-14+;2*16-11+;;;. The number of benzene rings is 6. The first-order valence-electron chi connectivity index (χ1n) is 30.1. The van der Waals surface area contributed by atoms with Gasteiger partial charge in [0.2, 0.25) is 17.7 Å². The van der Waals surface area contributed by atoms with Crippen LogP contribution in [0.3, 0.4) is 0 Å². The van der Waals surface area contributed by atoms with E-state index in [1.54, 1.807) is 219 Å². The van der Waals surface area contributed by atoms with Crippen LogP contribution in [0.2, 0.25) is 0 Å². The van der Waals surface area contributed by atoms with Crippen LogP contribution in [0.25, 0.3) is 18.2 Å². The Morgan fingerprint density at radius 2 is 0.764 bits per heavy atom. The van der Waals surface area contributed by atoms with Gasteiger partial charge in [0, 0.05) is 33.8 Å². The van der Waals surface area contributed by atoms with Gasteiger partial charge in [-0.15, -0.1) is 58.0 Å². The first-order chi connectivity index (χ1) is 49.6. The Morgan fingerprint density at radius 1 is 0.472 bits per heavy atom. The Balaban J connectivity index is 0.000000211. The van der Waals surface area contributed by atoms with E-state index in [1.807, 2.05) is 0 Å². The highest BCUT2D eigenvalue weighted by Crippen LogP contribution is 2.35. The molecule has 32 heteroatoms. The summed E-state index contributed by atoms with van der Waals surface area (Å²) in [7, 11) is 4.39. The molecule has 12 rings (SSSR count). The fourth-order valence-corrected chi connectivity index (χ4v) is 10.4. The Hall–Kier alpha value is -12.3. The van der Waals surface area contributed by atoms with Gasteiger partial charge in [0.15, 0.2) is 51.6 Å². The van der Waals surface area contributed by atoms with Crippen molar-refractivity contribution in [3.63, 3.8) is 0 Å². The molecule has 0 unspecified atom stereocenters. The van der Waals surface area contributed by atoms with Gasteiger partial charge in [0.05, 0.1) is 21.3 Å². The summed E-state index contributed by atoms with van der Waals surface area (Å²) in [6.45, 7) is 5.33. The number of nitrogens with two attached hydrogens (primary N) is 2. The molecule has 0 bridgehead atoms. The van der Waals surface area contributed by atoms with Crippen LogP contribution in [0, 0.1) is 0 Å². The highest BCUT2D eigenvalue weighted by atomic mass is 127. The van der Waals surface area contributed by atoms with Crippen LogP contribution < -0.4 is 45.2 Å². The number of carboxylic acid groups (broad SMARTS) is 1. The monoisotopic (exact) mass is 1620 g/mol. The number of ether oxygens (including phenoxy) is 10. The van der Waals surface area contributed by atoms with E-state index in [0.29, 0.717) is 82.3 Å². The zero-order valence-corrected chi connectivity index (χ0v) is 60.4. The van der Waals surface area contributed by atoms with Crippen molar-refractivity contribution in [3.8, 4) is 34.5 Å². The lowest BCUT2D eigenvalue weighted by molar-refractivity contribution is -0.192. The predicted molar refractivity (Wildman–Crippen MR) is 402 cm³/mol. The third-order valence-electron chi connectivity index (χ3n) is 13.4. The lowest BCUT2D eigenvalue weighted by Crippen LogP contribution is -2.27. The molecular formula is C74H62F3IN6O19S3. The second kappa shape index (κ2) is 36.7. The van der Waals surface area contributed by atoms with Gasteiger partial charge in [-0.25, -0.2) is 53.3 Å². The Labute approximate surface area is 631 Å². The van der Waals surface area contributed by atoms with Crippen molar-refractivity contribution in [1.82, 2.24) is 0 Å². The van der Waals surface area contributed by atoms with E-state index >= 15 is 0 Å². The molecular weight excluding hydrogens is 1560 g/mol. The van der Waals surface area contributed by atoms with Crippen molar-refractivity contribution in [2.45, 2.75) is 40.0 Å². The summed E-state index contributed by atoms with van der Waals surface area (Å²) in [6.07, 6.45) is -0.973. The molecule has 6 N–H and O–H groups in total. The Morgan fingerprint density at radius 3 is 1.02 bits per heavy atom. The molecule has 0 saturated carbocycles. The van der Waals surface area contributed by atoms with Crippen molar-refractivity contribution in [1.29, 1.82) is 0 Å². The normalized spacial score (nSPS) is 13.8. The number of cyclic esters (lactones) is 3. The van der Waals surface area contributed by atoms with Gasteiger partial charge in [-0.05, 0) is 199 Å². The SMILES string of the molecule is C.COc1cc(/C=C2/N=C(c3ccc(N)cc3)OC2=O)ccc1OC(=O)c1cccs1.COc1cc(/C=C2/N=C(c3ccc(N)cc3)OC2=O)ccc1OC(=O)c1cccs1.COc1cc(/C=C2/N=C(c3ccc(NC(=O)OC(C)(C)C)cc3)OC2=O)ccc1OC(=O)c1cccs1.I.O=C(O)C(F)(F)F. The van der Waals surface area contributed by atoms with Gasteiger partial charge in [-0.2, -0.15) is 13.2 Å². The van der Waals surface area contributed by atoms with Gasteiger partial charge >= 0.3 is 54.1 Å². The number of anilines is 3. The number of carbonyl (C=O) groups is 8. The molecule has 0 spiro atoms. The topological polar surface area (TPSA) is 350 Å². The second-order valence-corrected chi connectivity index (χ2v) is 24.9. The van der Waals surface area contributed by atoms with Crippen molar-refractivity contribution >= 4 is 159 Å². The zero-order chi connectivity index (χ0) is 74.8. The number of hydrogen-bond acceptors (Lipinski definition) is 26. The minimum absolute atomic E-state index is 0. The molecule has 25 nitrogen and oxygen atoms in total. The molecule has 3 aliphatic rings. The first-order valence-corrected chi connectivity index (χ1v) is 32.8. The maximum Gasteiger partial charge on any atom is 0.490 e. The lowest BCUT2D eigenvalue weighted by atomic mass is 10.1. The minimum Gasteiger partial charge on any atom is -0.493 e. The van der Waals surface area contributed by atoms with E-state index in [0.717, 1.165) is 0 Å². The molecule has 6 aromatic carbocycles. The van der Waals surface area contributed by atoms with Crippen LogP contribution >= 0.6 is 58.0 Å². The number of amides is 1. The highest BCUT2D eigenvalue weighted by Gasteiger charge is 2.38. The summed E-state index contributed by atoms with van der Waals surface area (Å²) < 4.78 is 85.1. The molecule has 0 atom stereocenters. The molecule has 3 aromatic heterocycles. The number of aliphatic carboxylic acids is 1. The van der Waals surface area contributed by atoms with Crippen molar-refractivity contribution in [3.05, 3.63) is 245 Å². The average Bonchev–Trinajstić information content (AvgIpc) is 1.71. The summed E-state index contributed by atoms with van der Waals surface area (Å²) >= 11 is 3.86. The molecule has 3 aliphatic heterocycles. The van der Waals surface area contributed by atoms with E-state index in [-0.39, 0.29) is 83.4 Å². The Kier molecular flexibility index (Phi) is 28.1. The second-order valence-electron chi connectivity index (χ2n) is 22.1. The largest absolute Gasteiger partial charge is 0.493 e. The van der Waals surface area contributed by atoms with E-state index in [1.165, 1.54) is 55.3 Å². The van der Waals surface area contributed by atoms with Crippen LogP contribution in [0.1, 0.15) is 90.6 Å². The number of rotatable bonds is 16. The predicted octanol–water partition coefficient (Wildman–Crippen LogP) is 15.4. The fourth-order valence-electron chi connectivity index (χ4n) is 8.65. The molecule has 0 aliphatic carbocycles. The van der Waals surface area contributed by atoms with E-state index in [9.17, 15) is 46.7 Å². The molecule has 548 valence electrons. The smallest absolute Gasteiger partial charge is 0.490 e. The third kappa shape index (κ3) is 22.6. The summed E-state index contributed by atoms with van der Waals surface area (Å²) in [5.41, 5.74) is 16.6. The molecule has 0 radical (unpaired) electrons. The van der Waals surface area contributed by atoms with Gasteiger partial charge < -0.3 is 63.9 Å². The number of hydrogen-bond donors (Lipinski definition) is 4. The number of nitrogens with zero attached hydrogens (tertiary/aromatic N) is 3. The van der Waals surface area contributed by atoms with E-state index < -0.39 is 59.7 Å². The van der Waals surface area contributed by atoms with E-state index in [4.69, 9.17) is 68.7 Å². The molecule has 0 fully saturated rings. The number of esters is 6. The maximum absolute atomic E-state index is 12.4. The summed E-state index contributed by atoms with van der Waals surface area (Å²) in [4.78, 5) is 109. The number of carbonyl (C=O) groups excluding carboxylic acids is 7. The number of methoxy groups -OCH3 is 3. The number of thiophene rings is 3. The fraction of sp³-hybridized carbons (Fsp3) is 0.122. The van der Waals surface area contributed by atoms with Crippen molar-refractivity contribution in [2.24, 2.45) is 15.0 Å². The Bertz CT molecular complexity index is 4710. The summed E-state index contributed by atoms with van der Waals surface area (Å²) in [5, 5.41) is 15.1. The molecule has 9 aromatic rings. The van der Waals surface area contributed by atoms with Crippen LogP contribution in [-0.2, 0) is 38.1 Å². The molecule has 6 heterocycles. The van der Waals surface area contributed by atoms with Crippen LogP contribution in [0.4, 0.5) is 35.0 Å². The summed E-state index contributed by atoms with van der Waals surface area (Å²) in [6, 6.07) is 45.4. The highest BCUT2D eigenvalue weighted by molar-refractivity contribution is 14.0. The molecule has 1 amide bonds. The van der Waals surface area contributed by atoms with Crippen LogP contribution in [0.15, 0.2) is 212 Å². The van der Waals surface area contributed by atoms with Crippen molar-refractivity contribution < 1.29 is 104 Å². The first kappa shape index (κ1) is 81.0. The van der Waals surface area contributed by atoms with Gasteiger partial charge in [0.1, 0.15) is 20.2 Å². The number of nitrogen functional groups attached to an aromatic ring is 2. The van der Waals surface area contributed by atoms with Gasteiger partial charge in [-0.1, -0.05) is 43.8 Å². The summed E-state index contributed by atoms with van der Waals surface area (Å²) in [5.74, 6) is -3.54. The minimum atomic E-state index is -5.08. The number of carboxylic acids is 1. The molecule has 0 saturated heterocycles. The average molecular weight is 1620 g/mol. The number of aliphatic imine (C=N–C) groups is 3. The zero-order valence-electron chi connectivity index (χ0n) is 55.6. The third-order valence-corrected chi connectivity index (χ3v) is 16.0. The maximum atomic E-state index is 12.4. The van der Waals surface area contributed by atoms with Crippen LogP contribution in [0.5, 0.6) is 34.5 Å². The van der Waals surface area contributed by atoms with Gasteiger partial charge in [0.25, 0.3) is 0 Å². The quantitative estimate of drug-likeness (QED) is 0.0174.